The molecule has 1 aromatic rings. The van der Waals surface area contributed by atoms with E-state index < -0.39 is 0 Å². The second-order valence-electron chi connectivity index (χ2n) is 2.28. The lowest BCUT2D eigenvalue weighted by atomic mass is 10.3. The zero-order valence-corrected chi connectivity index (χ0v) is 6.59. The molecule has 66 valence electrons. The average molecular weight is 170 g/mol. The number of nitrogens with one attached hydrogen (secondary N) is 1. The summed E-state index contributed by atoms with van der Waals surface area (Å²) in [6, 6.07) is 6.45. The van der Waals surface area contributed by atoms with Crippen molar-refractivity contribution in [1.29, 1.82) is 0 Å². The number of halogens is 1. The fourth-order valence-corrected chi connectivity index (χ4v) is 0.849. The molecule has 0 aliphatic rings. The maximum atomic E-state index is 12.9. The second-order valence-corrected chi connectivity index (χ2v) is 2.28. The van der Waals surface area contributed by atoms with Gasteiger partial charge < -0.3 is 10.2 Å². The van der Waals surface area contributed by atoms with Crippen LogP contribution in [0.25, 0.3) is 0 Å². The van der Waals surface area contributed by atoms with Crippen molar-refractivity contribution in [3.8, 4) is 0 Å². The molecule has 12 heavy (non-hydrogen) atoms. The third-order valence-electron chi connectivity index (χ3n) is 1.41. The van der Waals surface area contributed by atoms with Gasteiger partial charge in [0.15, 0.2) is 0 Å². The van der Waals surface area contributed by atoms with E-state index in [0.717, 1.165) is 0 Å². The second kappa shape index (κ2) is 4.69. The molecule has 3 N–H and O–H groups in total. The third-order valence-corrected chi connectivity index (χ3v) is 1.41. The number of para-hydroxylation sites is 1. The van der Waals surface area contributed by atoms with Crippen LogP contribution in [0.2, 0.25) is 0 Å². The van der Waals surface area contributed by atoms with Crippen molar-refractivity contribution < 1.29 is 9.23 Å². The predicted octanol–water partition coefficient (Wildman–Crippen LogP) is 1.13. The van der Waals surface area contributed by atoms with Crippen LogP contribution in [-0.4, -0.2) is 13.2 Å². The van der Waals surface area contributed by atoms with Crippen molar-refractivity contribution in [1.82, 2.24) is 0 Å². The van der Waals surface area contributed by atoms with Gasteiger partial charge in [-0.2, -0.15) is 0 Å². The lowest BCUT2D eigenvalue weighted by Crippen LogP contribution is -2.12. The predicted molar refractivity (Wildman–Crippen MR) is 45.0 cm³/mol. The van der Waals surface area contributed by atoms with Crippen molar-refractivity contribution in [3.63, 3.8) is 0 Å². The van der Waals surface area contributed by atoms with Gasteiger partial charge in [0.1, 0.15) is 5.82 Å². The molecule has 1 rings (SSSR count). The summed E-state index contributed by atoms with van der Waals surface area (Å²) in [5.41, 5.74) is 0.467. The van der Waals surface area contributed by atoms with Gasteiger partial charge in [0.05, 0.1) is 12.3 Å². The number of rotatable bonds is 4. The largest absolute Gasteiger partial charge is 0.380 e. The first kappa shape index (κ1) is 8.96. The highest BCUT2D eigenvalue weighted by molar-refractivity contribution is 5.44. The van der Waals surface area contributed by atoms with Crippen molar-refractivity contribution in [2.75, 3.05) is 18.5 Å². The highest BCUT2D eigenvalue weighted by atomic mass is 19.1. The first-order valence-corrected chi connectivity index (χ1v) is 3.64. The van der Waals surface area contributed by atoms with Gasteiger partial charge in [-0.05, 0) is 12.1 Å². The Kier molecular flexibility index (Phi) is 3.50. The molecule has 0 aromatic heterocycles. The van der Waals surface area contributed by atoms with Crippen molar-refractivity contribution >= 4 is 5.69 Å². The topological polar surface area (TPSA) is 47.3 Å². The molecule has 0 spiro atoms. The molecule has 0 atom stereocenters. The molecule has 0 unspecified atom stereocenters. The van der Waals surface area contributed by atoms with Crippen LogP contribution in [0, 0.1) is 5.82 Å². The Balaban J connectivity index is 2.46. The van der Waals surface area contributed by atoms with Crippen LogP contribution < -0.4 is 11.2 Å². The summed E-state index contributed by atoms with van der Waals surface area (Å²) >= 11 is 0. The van der Waals surface area contributed by atoms with Crippen LogP contribution in [0.15, 0.2) is 24.3 Å². The van der Waals surface area contributed by atoms with Gasteiger partial charge in [-0.25, -0.2) is 10.3 Å². The highest BCUT2D eigenvalue weighted by Gasteiger charge is 1.97. The average Bonchev–Trinajstić information content (AvgIpc) is 2.09. The molecule has 0 aliphatic carbocycles. The van der Waals surface area contributed by atoms with Crippen LogP contribution in [0.5, 0.6) is 0 Å². The monoisotopic (exact) mass is 170 g/mol. The summed E-state index contributed by atoms with van der Waals surface area (Å²) < 4.78 is 12.9. The Morgan fingerprint density at radius 3 is 2.83 bits per heavy atom. The number of nitrogens with two attached hydrogens (primary N) is 1. The third kappa shape index (κ3) is 2.48. The van der Waals surface area contributed by atoms with E-state index in [0.29, 0.717) is 18.8 Å². The van der Waals surface area contributed by atoms with Gasteiger partial charge in [-0.1, -0.05) is 12.1 Å². The first-order chi connectivity index (χ1) is 5.84. The SMILES string of the molecule is NOCCNc1ccccc1F. The van der Waals surface area contributed by atoms with E-state index in [1.807, 2.05) is 0 Å². The molecule has 0 saturated carbocycles. The number of anilines is 1. The van der Waals surface area contributed by atoms with Gasteiger partial charge in [0.2, 0.25) is 0 Å². The fraction of sp³-hybridized carbons (Fsp3) is 0.250. The molecule has 4 heteroatoms. The van der Waals surface area contributed by atoms with E-state index in [2.05, 4.69) is 10.2 Å². The Hall–Kier alpha value is -1.13. The van der Waals surface area contributed by atoms with Crippen molar-refractivity contribution in [2.24, 2.45) is 5.90 Å². The molecule has 0 saturated heterocycles. The Bertz CT molecular complexity index is 242. The van der Waals surface area contributed by atoms with Gasteiger partial charge in [0.25, 0.3) is 0 Å². The standard InChI is InChI=1S/C8H11FN2O/c9-7-3-1-2-4-8(7)11-5-6-12-10/h1-4,11H,5-6,10H2. The molecule has 0 radical (unpaired) electrons. The molecule has 1 aromatic carbocycles. The van der Waals surface area contributed by atoms with Crippen molar-refractivity contribution in [3.05, 3.63) is 30.1 Å². The molecular weight excluding hydrogens is 159 g/mol. The minimum atomic E-state index is -0.269. The van der Waals surface area contributed by atoms with E-state index in [1.54, 1.807) is 18.2 Å². The minimum Gasteiger partial charge on any atom is -0.380 e. The number of hydrogen-bond acceptors (Lipinski definition) is 3. The Labute approximate surface area is 70.3 Å². The maximum absolute atomic E-state index is 12.9. The van der Waals surface area contributed by atoms with Crippen LogP contribution in [0.3, 0.4) is 0 Å². The smallest absolute Gasteiger partial charge is 0.146 e. The first-order valence-electron chi connectivity index (χ1n) is 3.64. The minimum absolute atomic E-state index is 0.269. The van der Waals surface area contributed by atoms with E-state index in [4.69, 9.17) is 5.90 Å². The zero-order chi connectivity index (χ0) is 8.81. The van der Waals surface area contributed by atoms with Crippen LogP contribution >= 0.6 is 0 Å². The maximum Gasteiger partial charge on any atom is 0.146 e. The molecule has 3 nitrogen and oxygen atoms in total. The molecular formula is C8H11FN2O. The summed E-state index contributed by atoms with van der Waals surface area (Å²) in [6.07, 6.45) is 0. The van der Waals surface area contributed by atoms with E-state index in [9.17, 15) is 4.39 Å². The molecule has 0 aliphatic heterocycles. The number of hydrogen-bond donors (Lipinski definition) is 2. The summed E-state index contributed by atoms with van der Waals surface area (Å²) in [6.45, 7) is 0.853. The summed E-state index contributed by atoms with van der Waals surface area (Å²) in [4.78, 5) is 4.32. The van der Waals surface area contributed by atoms with Gasteiger partial charge in [-0.3, -0.25) is 0 Å². The molecule has 0 bridgehead atoms. The van der Waals surface area contributed by atoms with Crippen LogP contribution in [0.1, 0.15) is 0 Å². The lowest BCUT2D eigenvalue weighted by molar-refractivity contribution is 0.148. The summed E-state index contributed by atoms with van der Waals surface area (Å²) in [5, 5.41) is 2.83. The lowest BCUT2D eigenvalue weighted by Gasteiger charge is -2.05. The van der Waals surface area contributed by atoms with Crippen molar-refractivity contribution in [2.45, 2.75) is 0 Å². The molecule has 0 fully saturated rings. The van der Waals surface area contributed by atoms with Crippen LogP contribution in [-0.2, 0) is 4.84 Å². The molecule has 0 amide bonds. The number of benzene rings is 1. The fourth-order valence-electron chi connectivity index (χ4n) is 0.849. The Morgan fingerprint density at radius 2 is 2.17 bits per heavy atom. The highest BCUT2D eigenvalue weighted by Crippen LogP contribution is 2.11. The Morgan fingerprint density at radius 1 is 1.42 bits per heavy atom. The van der Waals surface area contributed by atoms with Gasteiger partial charge in [-0.15, -0.1) is 0 Å². The van der Waals surface area contributed by atoms with E-state index in [-0.39, 0.29) is 5.82 Å². The van der Waals surface area contributed by atoms with E-state index in [1.165, 1.54) is 6.07 Å². The van der Waals surface area contributed by atoms with E-state index >= 15 is 0 Å². The van der Waals surface area contributed by atoms with Gasteiger partial charge >= 0.3 is 0 Å². The normalized spacial score (nSPS) is 9.83. The molecule has 0 heterocycles. The summed E-state index contributed by atoms with van der Waals surface area (Å²) in [7, 11) is 0. The van der Waals surface area contributed by atoms with Gasteiger partial charge in [0, 0.05) is 6.54 Å². The quantitative estimate of drug-likeness (QED) is 0.526. The van der Waals surface area contributed by atoms with Crippen LogP contribution in [0.4, 0.5) is 10.1 Å². The summed E-state index contributed by atoms with van der Waals surface area (Å²) in [5.74, 6) is 4.53. The zero-order valence-electron chi connectivity index (χ0n) is 6.59.